The van der Waals surface area contributed by atoms with Gasteiger partial charge in [0.25, 0.3) is 12.4 Å². The Kier molecular flexibility index (Phi) is 7.51. The third-order valence-electron chi connectivity index (χ3n) is 5.52. The van der Waals surface area contributed by atoms with E-state index in [-0.39, 0.29) is 36.4 Å². The number of rotatable bonds is 5. The first-order valence-corrected chi connectivity index (χ1v) is 10.2. The van der Waals surface area contributed by atoms with Gasteiger partial charge in [-0.05, 0) is 44.2 Å². The van der Waals surface area contributed by atoms with E-state index in [1.165, 1.54) is 0 Å². The van der Waals surface area contributed by atoms with Crippen molar-refractivity contribution in [3.8, 4) is 11.5 Å². The van der Waals surface area contributed by atoms with Crippen LogP contribution in [0.1, 0.15) is 42.5 Å². The van der Waals surface area contributed by atoms with Gasteiger partial charge in [-0.25, -0.2) is 0 Å². The number of carboxylic acid groups (broad SMARTS) is 1. The van der Waals surface area contributed by atoms with Gasteiger partial charge in [-0.1, -0.05) is 6.07 Å². The van der Waals surface area contributed by atoms with Crippen molar-refractivity contribution in [2.45, 2.75) is 50.3 Å². The lowest BCUT2D eigenvalue weighted by Crippen LogP contribution is -2.50. The highest BCUT2D eigenvalue weighted by Crippen LogP contribution is 2.34. The number of ether oxygens (including phenoxy) is 3. The van der Waals surface area contributed by atoms with Crippen LogP contribution in [0.15, 0.2) is 18.2 Å². The van der Waals surface area contributed by atoms with Gasteiger partial charge >= 0.3 is 0 Å². The van der Waals surface area contributed by atoms with Crippen molar-refractivity contribution in [1.82, 2.24) is 10.6 Å². The van der Waals surface area contributed by atoms with Crippen molar-refractivity contribution in [3.63, 3.8) is 0 Å². The summed E-state index contributed by atoms with van der Waals surface area (Å²) in [6.45, 7) is 0.663. The molecule has 3 atom stereocenters. The fourth-order valence-electron chi connectivity index (χ4n) is 3.84. The van der Waals surface area contributed by atoms with Crippen LogP contribution in [-0.4, -0.2) is 61.9 Å². The van der Waals surface area contributed by atoms with Gasteiger partial charge in [-0.2, -0.15) is 0 Å². The minimum absolute atomic E-state index is 0.0510. The van der Waals surface area contributed by atoms with E-state index in [0.29, 0.717) is 49.2 Å². The molecule has 0 unspecified atom stereocenters. The largest absolute Gasteiger partial charge is 0.486 e. The van der Waals surface area contributed by atoms with Crippen LogP contribution in [0.2, 0.25) is 0 Å². The summed E-state index contributed by atoms with van der Waals surface area (Å²) in [7, 11) is 1.63. The van der Waals surface area contributed by atoms with Crippen LogP contribution in [0, 0.1) is 5.92 Å². The molecular formula is C21H28N2O7. The monoisotopic (exact) mass is 420 g/mol. The number of carbonyl (C=O) groups is 3. The maximum Gasteiger partial charge on any atom is 0.290 e. The maximum absolute atomic E-state index is 12.8. The van der Waals surface area contributed by atoms with E-state index in [9.17, 15) is 9.59 Å². The highest BCUT2D eigenvalue weighted by atomic mass is 16.6. The van der Waals surface area contributed by atoms with E-state index in [4.69, 9.17) is 24.1 Å². The van der Waals surface area contributed by atoms with Crippen molar-refractivity contribution in [2.75, 3.05) is 20.3 Å². The third-order valence-corrected chi connectivity index (χ3v) is 5.52. The topological polar surface area (TPSA) is 123 Å². The van der Waals surface area contributed by atoms with Gasteiger partial charge in [0.05, 0.1) is 17.7 Å². The zero-order valence-corrected chi connectivity index (χ0v) is 17.0. The molecule has 2 saturated carbocycles. The molecular weight excluding hydrogens is 392 g/mol. The summed E-state index contributed by atoms with van der Waals surface area (Å²) in [5, 5.41) is 13.0. The minimum Gasteiger partial charge on any atom is -0.486 e. The molecule has 3 N–H and O–H groups in total. The van der Waals surface area contributed by atoms with Crippen LogP contribution in [-0.2, 0) is 14.3 Å². The molecule has 9 nitrogen and oxygen atoms in total. The average Bonchev–Trinajstić information content (AvgIpc) is 3.58. The average molecular weight is 420 g/mol. The molecule has 1 aliphatic heterocycles. The lowest BCUT2D eigenvalue weighted by molar-refractivity contribution is -0.128. The Morgan fingerprint density at radius 2 is 1.87 bits per heavy atom. The second kappa shape index (κ2) is 10.3. The highest BCUT2D eigenvalue weighted by molar-refractivity contribution is 5.98. The predicted octanol–water partition coefficient (Wildman–Crippen LogP) is 1.35. The van der Waals surface area contributed by atoms with Gasteiger partial charge in [0.2, 0.25) is 5.91 Å². The Hall–Kier alpha value is -2.81. The van der Waals surface area contributed by atoms with E-state index in [0.717, 1.165) is 19.3 Å². The van der Waals surface area contributed by atoms with Crippen LogP contribution in [0.5, 0.6) is 11.5 Å². The van der Waals surface area contributed by atoms with Crippen molar-refractivity contribution >= 4 is 18.3 Å². The SMILES string of the molecule is CO[C@@H]1C[C@@H](C(=O)NC2CC2)CC[C@H]1NC(=O)c1cccc2c1OCCO2.O=CO. The second-order valence-corrected chi connectivity index (χ2v) is 7.58. The molecule has 0 radical (unpaired) electrons. The van der Waals surface area contributed by atoms with E-state index in [1.807, 2.05) is 0 Å². The smallest absolute Gasteiger partial charge is 0.290 e. The summed E-state index contributed by atoms with van der Waals surface area (Å²) < 4.78 is 16.8. The zero-order valence-electron chi connectivity index (χ0n) is 17.0. The molecule has 4 rings (SSSR count). The molecule has 30 heavy (non-hydrogen) atoms. The van der Waals surface area contributed by atoms with E-state index >= 15 is 0 Å². The molecule has 9 heteroatoms. The Morgan fingerprint density at radius 1 is 1.13 bits per heavy atom. The van der Waals surface area contributed by atoms with E-state index in [1.54, 1.807) is 25.3 Å². The first-order chi connectivity index (χ1) is 14.6. The molecule has 164 valence electrons. The molecule has 2 amide bonds. The molecule has 1 heterocycles. The highest BCUT2D eigenvalue weighted by Gasteiger charge is 2.37. The number of benzene rings is 1. The first kappa shape index (κ1) is 21.9. The van der Waals surface area contributed by atoms with Crippen molar-refractivity contribution in [3.05, 3.63) is 23.8 Å². The van der Waals surface area contributed by atoms with Crippen LogP contribution < -0.4 is 20.1 Å². The Morgan fingerprint density at radius 3 is 2.57 bits per heavy atom. The lowest BCUT2D eigenvalue weighted by atomic mass is 9.83. The Labute approximate surface area is 175 Å². The standard InChI is InChI=1S/C20H26N2O5.CH2O2/c1-25-17-11-12(19(23)21-13-6-7-13)5-8-15(17)22-20(24)14-3-2-4-16-18(14)27-10-9-26-16;2-1-3/h2-4,12-13,15,17H,5-11H2,1H3,(H,21,23)(H,22,24);1H,(H,2,3)/t12-,15+,17+;/m0./s1. The summed E-state index contributed by atoms with van der Waals surface area (Å²) >= 11 is 0. The molecule has 1 aromatic rings. The summed E-state index contributed by atoms with van der Waals surface area (Å²) in [6, 6.07) is 5.55. The normalized spacial score (nSPS) is 24.6. The summed E-state index contributed by atoms with van der Waals surface area (Å²) in [4.78, 5) is 33.5. The summed E-state index contributed by atoms with van der Waals surface area (Å²) in [5.41, 5.74) is 0.468. The molecule has 2 fully saturated rings. The number of carbonyl (C=O) groups excluding carboxylic acids is 2. The first-order valence-electron chi connectivity index (χ1n) is 10.2. The lowest BCUT2D eigenvalue weighted by Gasteiger charge is -2.35. The van der Waals surface area contributed by atoms with Crippen LogP contribution in [0.3, 0.4) is 0 Å². The number of nitrogens with one attached hydrogen (secondary N) is 2. The molecule has 0 saturated heterocycles. The number of hydrogen-bond acceptors (Lipinski definition) is 6. The number of amides is 2. The van der Waals surface area contributed by atoms with Gasteiger partial charge in [-0.15, -0.1) is 0 Å². The third kappa shape index (κ3) is 5.41. The molecule has 0 aromatic heterocycles. The predicted molar refractivity (Wildman–Crippen MR) is 107 cm³/mol. The number of methoxy groups -OCH3 is 1. The fraction of sp³-hybridized carbons (Fsp3) is 0.571. The van der Waals surface area contributed by atoms with Gasteiger partial charge in [0.1, 0.15) is 13.2 Å². The minimum atomic E-state index is -0.250. The van der Waals surface area contributed by atoms with E-state index in [2.05, 4.69) is 10.6 Å². The van der Waals surface area contributed by atoms with Gasteiger partial charge in [0, 0.05) is 19.1 Å². The van der Waals surface area contributed by atoms with E-state index < -0.39 is 0 Å². The van der Waals surface area contributed by atoms with Gasteiger partial charge < -0.3 is 30.0 Å². The van der Waals surface area contributed by atoms with Crippen molar-refractivity contribution in [1.29, 1.82) is 0 Å². The molecule has 1 aromatic carbocycles. The molecule has 3 aliphatic rings. The van der Waals surface area contributed by atoms with Crippen molar-refractivity contribution < 1.29 is 33.7 Å². The number of fused-ring (bicyclic) bond motifs is 1. The van der Waals surface area contributed by atoms with Crippen LogP contribution in [0.25, 0.3) is 0 Å². The fourth-order valence-corrected chi connectivity index (χ4v) is 3.84. The maximum atomic E-state index is 12.8. The molecule has 0 spiro atoms. The van der Waals surface area contributed by atoms with Crippen LogP contribution >= 0.6 is 0 Å². The number of hydrogen-bond donors (Lipinski definition) is 3. The second-order valence-electron chi connectivity index (χ2n) is 7.58. The van der Waals surface area contributed by atoms with Gasteiger partial charge in [-0.3, -0.25) is 14.4 Å². The van der Waals surface area contributed by atoms with Crippen LogP contribution in [0.4, 0.5) is 0 Å². The summed E-state index contributed by atoms with van der Waals surface area (Å²) in [5.74, 6) is 0.951. The zero-order chi connectivity index (χ0) is 21.5. The number of para-hydroxylation sites is 1. The van der Waals surface area contributed by atoms with Crippen molar-refractivity contribution in [2.24, 2.45) is 5.92 Å². The molecule has 0 bridgehead atoms. The van der Waals surface area contributed by atoms with Gasteiger partial charge in [0.15, 0.2) is 11.5 Å². The Bertz CT molecular complexity index is 766. The molecule has 2 aliphatic carbocycles. The Balaban J connectivity index is 0.000000806. The quantitative estimate of drug-likeness (QED) is 0.615. The summed E-state index contributed by atoms with van der Waals surface area (Å²) in [6.07, 6.45) is 4.05.